The van der Waals surface area contributed by atoms with Gasteiger partial charge in [0.05, 0.1) is 36.1 Å². The Morgan fingerprint density at radius 3 is 2.57 bits per heavy atom. The number of carbonyl (C=O) groups excluding carboxylic acids is 1. The lowest BCUT2D eigenvalue weighted by Crippen LogP contribution is -2.40. The Bertz CT molecular complexity index is 1470. The molecule has 2 aromatic carbocycles. The van der Waals surface area contributed by atoms with Crippen molar-refractivity contribution in [2.75, 3.05) is 34.0 Å². The van der Waals surface area contributed by atoms with E-state index in [4.69, 9.17) is 18.9 Å². The highest BCUT2D eigenvalue weighted by atomic mass is 32.1. The minimum Gasteiger partial charge on any atom is -0.493 e. The van der Waals surface area contributed by atoms with E-state index in [2.05, 4.69) is 4.99 Å². The number of esters is 1. The molecule has 0 bridgehead atoms. The summed E-state index contributed by atoms with van der Waals surface area (Å²) in [7, 11) is 3.09. The van der Waals surface area contributed by atoms with E-state index in [0.29, 0.717) is 38.7 Å². The second-order valence-corrected chi connectivity index (χ2v) is 9.36. The lowest BCUT2D eigenvalue weighted by molar-refractivity contribution is -0.140. The predicted molar refractivity (Wildman–Crippen MR) is 142 cm³/mol. The zero-order chi connectivity index (χ0) is 26.4. The van der Waals surface area contributed by atoms with Crippen LogP contribution in [-0.2, 0) is 14.3 Å². The van der Waals surface area contributed by atoms with Crippen LogP contribution in [-0.4, -0.2) is 44.6 Å². The minimum atomic E-state index is -0.814. The van der Waals surface area contributed by atoms with Crippen molar-refractivity contribution >= 4 is 23.4 Å². The lowest BCUT2D eigenvalue weighted by atomic mass is 9.94. The Morgan fingerprint density at radius 1 is 1.08 bits per heavy atom. The molecule has 3 aromatic rings. The maximum Gasteiger partial charge on any atom is 0.338 e. The maximum atomic E-state index is 13.8. The number of thiazole rings is 1. The van der Waals surface area contributed by atoms with E-state index in [1.54, 1.807) is 24.7 Å². The minimum absolute atomic E-state index is 0.0779. The second-order valence-electron chi connectivity index (χ2n) is 8.35. The fraction of sp³-hybridized carbons (Fsp3) is 0.321. The number of hydrogen-bond donors (Lipinski definition) is 0. The molecule has 0 radical (unpaired) electrons. The third kappa shape index (κ3) is 5.52. The summed E-state index contributed by atoms with van der Waals surface area (Å²) in [6.07, 6.45) is 2.61. The van der Waals surface area contributed by atoms with Crippen LogP contribution in [0.4, 0.5) is 0 Å². The number of ether oxygens (including phenoxy) is 4. The van der Waals surface area contributed by atoms with Gasteiger partial charge in [-0.15, -0.1) is 0 Å². The highest BCUT2D eigenvalue weighted by Gasteiger charge is 2.36. The summed E-state index contributed by atoms with van der Waals surface area (Å²) in [5, 5.41) is 0. The van der Waals surface area contributed by atoms with Crippen LogP contribution >= 0.6 is 11.3 Å². The van der Waals surface area contributed by atoms with Crippen LogP contribution in [0.3, 0.4) is 0 Å². The predicted octanol–water partition coefficient (Wildman–Crippen LogP) is 3.22. The quantitative estimate of drug-likeness (QED) is 0.300. The summed E-state index contributed by atoms with van der Waals surface area (Å²) in [6, 6.07) is 14.2. The Hall–Kier alpha value is -3.69. The number of rotatable bonds is 10. The van der Waals surface area contributed by atoms with Crippen molar-refractivity contribution in [2.24, 2.45) is 4.99 Å². The summed E-state index contributed by atoms with van der Waals surface area (Å²) in [5.41, 5.74) is 2.01. The smallest absolute Gasteiger partial charge is 0.338 e. The third-order valence-corrected chi connectivity index (χ3v) is 6.82. The maximum absolute atomic E-state index is 13.8. The number of nitrogens with zero attached hydrogens (tertiary/aromatic N) is 2. The molecule has 0 saturated carbocycles. The molecule has 2 heterocycles. The standard InChI is InChI=1S/C28H30N2O6S/c1-5-14-35-25-20(12-9-13-21(25)34-4)24-23(27(32)36-16-15-33-3)18(2)29-28-30(24)26(31)22(37-28)17-19-10-7-6-8-11-19/h6-13,17,24H,5,14-16H2,1-4H3/b22-17+/t24-/m0/s1. The molecule has 0 unspecified atom stereocenters. The average molecular weight is 523 g/mol. The summed E-state index contributed by atoms with van der Waals surface area (Å²) in [5.74, 6) is 0.426. The van der Waals surface area contributed by atoms with Gasteiger partial charge in [0, 0.05) is 12.7 Å². The van der Waals surface area contributed by atoms with E-state index >= 15 is 0 Å². The van der Waals surface area contributed by atoms with Gasteiger partial charge in [0.25, 0.3) is 5.56 Å². The largest absolute Gasteiger partial charge is 0.493 e. The second kappa shape index (κ2) is 12.0. The van der Waals surface area contributed by atoms with E-state index < -0.39 is 12.0 Å². The first-order valence-corrected chi connectivity index (χ1v) is 12.8. The molecule has 1 aliphatic rings. The fourth-order valence-corrected chi connectivity index (χ4v) is 5.19. The number of carbonyl (C=O) groups is 1. The molecule has 0 saturated heterocycles. The molecule has 0 N–H and O–H groups in total. The molecule has 37 heavy (non-hydrogen) atoms. The van der Waals surface area contributed by atoms with E-state index in [0.717, 1.165) is 12.0 Å². The van der Waals surface area contributed by atoms with Gasteiger partial charge in [0.15, 0.2) is 16.3 Å². The van der Waals surface area contributed by atoms with Gasteiger partial charge in [0.1, 0.15) is 12.6 Å². The zero-order valence-corrected chi connectivity index (χ0v) is 22.2. The number of hydrogen-bond acceptors (Lipinski definition) is 8. The van der Waals surface area contributed by atoms with Gasteiger partial charge in [-0.3, -0.25) is 9.36 Å². The molecular weight excluding hydrogens is 492 g/mol. The number of allylic oxidation sites excluding steroid dienone is 1. The third-order valence-electron chi connectivity index (χ3n) is 5.83. The molecule has 4 rings (SSSR count). The highest BCUT2D eigenvalue weighted by Crippen LogP contribution is 2.40. The zero-order valence-electron chi connectivity index (χ0n) is 21.4. The van der Waals surface area contributed by atoms with E-state index in [-0.39, 0.29) is 24.3 Å². The van der Waals surface area contributed by atoms with Gasteiger partial charge in [-0.2, -0.15) is 0 Å². The molecule has 0 aliphatic carbocycles. The monoisotopic (exact) mass is 522 g/mol. The Labute approximate surface area is 219 Å². The first-order chi connectivity index (χ1) is 18.0. The normalized spacial score (nSPS) is 15.2. The van der Waals surface area contributed by atoms with E-state index in [1.807, 2.05) is 55.5 Å². The van der Waals surface area contributed by atoms with Gasteiger partial charge in [-0.25, -0.2) is 9.79 Å². The van der Waals surface area contributed by atoms with Crippen LogP contribution in [0.5, 0.6) is 11.5 Å². The molecule has 9 heteroatoms. The van der Waals surface area contributed by atoms with Crippen molar-refractivity contribution in [1.82, 2.24) is 4.57 Å². The number of aromatic nitrogens is 1. The van der Waals surface area contributed by atoms with Crippen LogP contribution in [0, 0.1) is 0 Å². The Kier molecular flexibility index (Phi) is 8.58. The number of benzene rings is 2. The first-order valence-electron chi connectivity index (χ1n) is 12.0. The van der Waals surface area contributed by atoms with E-state index in [1.165, 1.54) is 18.4 Å². The van der Waals surface area contributed by atoms with Crippen LogP contribution in [0.2, 0.25) is 0 Å². The number of fused-ring (bicyclic) bond motifs is 1. The number of para-hydroxylation sites is 1. The summed E-state index contributed by atoms with van der Waals surface area (Å²) in [4.78, 5) is 32.4. The molecular formula is C28H30N2O6S. The molecule has 0 fully saturated rings. The molecule has 1 aromatic heterocycles. The topological polar surface area (TPSA) is 88.4 Å². The van der Waals surface area contributed by atoms with Gasteiger partial charge >= 0.3 is 5.97 Å². The van der Waals surface area contributed by atoms with Gasteiger partial charge in [-0.1, -0.05) is 60.7 Å². The molecule has 1 aliphatic heterocycles. The van der Waals surface area contributed by atoms with Crippen molar-refractivity contribution in [3.8, 4) is 11.5 Å². The van der Waals surface area contributed by atoms with Crippen LogP contribution < -0.4 is 24.4 Å². The van der Waals surface area contributed by atoms with Gasteiger partial charge in [0.2, 0.25) is 0 Å². The van der Waals surface area contributed by atoms with Crippen LogP contribution in [0.25, 0.3) is 6.08 Å². The van der Waals surface area contributed by atoms with Crippen molar-refractivity contribution < 1.29 is 23.7 Å². The molecule has 0 spiro atoms. The van der Waals surface area contributed by atoms with Gasteiger partial charge < -0.3 is 18.9 Å². The summed E-state index contributed by atoms with van der Waals surface area (Å²) >= 11 is 1.28. The van der Waals surface area contributed by atoms with Gasteiger partial charge in [-0.05, 0) is 31.1 Å². The molecule has 0 amide bonds. The van der Waals surface area contributed by atoms with Crippen LogP contribution in [0.15, 0.2) is 69.6 Å². The lowest BCUT2D eigenvalue weighted by Gasteiger charge is -2.27. The Morgan fingerprint density at radius 2 is 1.86 bits per heavy atom. The summed E-state index contributed by atoms with van der Waals surface area (Å²) < 4.78 is 24.3. The van der Waals surface area contributed by atoms with Crippen molar-refractivity contribution in [1.29, 1.82) is 0 Å². The van der Waals surface area contributed by atoms with Crippen molar-refractivity contribution in [3.05, 3.63) is 90.6 Å². The van der Waals surface area contributed by atoms with Crippen molar-refractivity contribution in [3.63, 3.8) is 0 Å². The summed E-state index contributed by atoms with van der Waals surface area (Å²) in [6.45, 7) is 4.53. The molecule has 1 atom stereocenters. The Balaban J connectivity index is 1.96. The SMILES string of the molecule is CCCOc1c(OC)cccc1[C@H]1C(C(=O)OCCOC)=C(C)N=c2s/c(=C/c3ccccc3)c(=O)n21. The number of methoxy groups -OCH3 is 2. The van der Waals surface area contributed by atoms with E-state index in [9.17, 15) is 9.59 Å². The highest BCUT2D eigenvalue weighted by molar-refractivity contribution is 7.07. The van der Waals surface area contributed by atoms with Crippen molar-refractivity contribution in [2.45, 2.75) is 26.3 Å². The average Bonchev–Trinajstić information content (AvgIpc) is 3.21. The fourth-order valence-electron chi connectivity index (χ4n) is 4.14. The van der Waals surface area contributed by atoms with Crippen LogP contribution in [0.1, 0.15) is 37.4 Å². The molecule has 194 valence electrons. The molecule has 8 nitrogen and oxygen atoms in total. The first kappa shape index (κ1) is 26.4.